The van der Waals surface area contributed by atoms with Crippen LogP contribution in [0.5, 0.6) is 0 Å². The zero-order chi connectivity index (χ0) is 4.50. The minimum absolute atomic E-state index is 0. The molecule has 76 valence electrons. The summed E-state index contributed by atoms with van der Waals surface area (Å²) in [6.45, 7) is 0. The first-order valence-electron chi connectivity index (χ1n) is 0.783. The van der Waals surface area contributed by atoms with Crippen molar-refractivity contribution >= 4 is 66.9 Å². The molecule has 12 heavy (non-hydrogen) atoms. The summed E-state index contributed by atoms with van der Waals surface area (Å²) >= 11 is 0. The van der Waals surface area contributed by atoms with Gasteiger partial charge in [0.15, 0.2) is 0 Å². The number of hydrogen-bond acceptors (Lipinski definition) is 2. The van der Waals surface area contributed by atoms with Gasteiger partial charge in [-0.15, -0.1) is 0 Å². The molecule has 0 unspecified atom stereocenters. The van der Waals surface area contributed by atoms with Gasteiger partial charge in [-0.1, -0.05) is 0 Å². The molecule has 0 saturated carbocycles. The molecule has 0 aliphatic rings. The number of hydrogen-bond donors (Lipinski definition) is 4. The van der Waals surface area contributed by atoms with Gasteiger partial charge in [0.1, 0.15) is 0 Å². The van der Waals surface area contributed by atoms with Crippen LogP contribution in [0.15, 0.2) is 0 Å². The number of rotatable bonds is 0. The van der Waals surface area contributed by atoms with Crippen molar-refractivity contribution in [2.24, 2.45) is 0 Å². The summed E-state index contributed by atoms with van der Waals surface area (Å²) < 4.78 is 8.88. The molecule has 0 aliphatic carbocycles. The van der Waals surface area contributed by atoms with Gasteiger partial charge < -0.3 is 42.7 Å². The molecule has 0 aromatic rings. The predicted octanol–water partition coefficient (Wildman–Crippen LogP) is -5.36. The van der Waals surface area contributed by atoms with Gasteiger partial charge in [0.05, 0.1) is 0 Å². The Hall–Kier alpha value is 1.91. The first-order chi connectivity index (χ1) is 2.00. The molecule has 0 heterocycles. The fourth-order valence-electron chi connectivity index (χ4n) is 0. The summed E-state index contributed by atoms with van der Waals surface area (Å²) in [5, 5.41) is 0. The molecule has 0 saturated heterocycles. The van der Waals surface area contributed by atoms with E-state index in [1.807, 2.05) is 0 Å². The third kappa shape index (κ3) is 389. The molecule has 0 aromatic heterocycles. The summed E-state index contributed by atoms with van der Waals surface area (Å²) in [6.07, 6.45) is 0. The van der Waals surface area contributed by atoms with Gasteiger partial charge in [-0.2, -0.15) is 0 Å². The second kappa shape index (κ2) is 29.3. The Kier molecular flexibility index (Phi) is 162. The Morgan fingerprint density at radius 3 is 0.750 bits per heavy atom. The van der Waals surface area contributed by atoms with Crippen molar-refractivity contribution in [3.05, 3.63) is 0 Å². The van der Waals surface area contributed by atoms with E-state index in [-0.39, 0.29) is 87.2 Å². The van der Waals surface area contributed by atoms with E-state index >= 15 is 0 Å². The Bertz CT molecular complexity index is 63.2. The van der Waals surface area contributed by atoms with E-state index in [1.54, 1.807) is 0 Å². The average Bonchev–Trinajstić information content (AvgIpc) is 0.722. The van der Waals surface area contributed by atoms with Crippen LogP contribution >= 0.6 is 7.82 Å². The van der Waals surface area contributed by atoms with Gasteiger partial charge in [0.25, 0.3) is 0 Å². The fraction of sp³-hybridized carbons (Fsp3) is 0. The molecule has 0 fully saturated rings. The Morgan fingerprint density at radius 1 is 0.750 bits per heavy atom. The molecule has 0 bridgehead atoms. The SMILES string of the molecule is N.O.O.O.O.O=P(O)(O)O.[NaH].[NaH]. The molecule has 0 atom stereocenters. The van der Waals surface area contributed by atoms with Gasteiger partial charge in [-0.05, 0) is 0 Å². The molecule has 12 heteroatoms. The van der Waals surface area contributed by atoms with E-state index in [4.69, 9.17) is 19.2 Å². The average molecular weight is 235 g/mol. The third-order valence-corrected chi connectivity index (χ3v) is 0. The molecule has 0 radical (unpaired) electrons. The fourth-order valence-corrected chi connectivity index (χ4v) is 0. The maximum absolute atomic E-state index is 8.88. The van der Waals surface area contributed by atoms with Crippen LogP contribution in [-0.4, -0.2) is 95.7 Å². The Morgan fingerprint density at radius 2 is 0.750 bits per heavy atom. The Labute approximate surface area is 113 Å². The number of phosphoric acid groups is 1. The second-order valence-electron chi connectivity index (χ2n) is 0.513. The molecular weight excluding hydrogens is 219 g/mol. The standard InChI is InChI=1S/H3N.2Na.H3O4P.4H2O.2H/c;;;1-5(2,3)4;;;;;;/h1H3;;;(H3,1,2,3,4);4*1H2;;. The third-order valence-electron chi connectivity index (χ3n) is 0. The van der Waals surface area contributed by atoms with Crippen LogP contribution in [0.1, 0.15) is 0 Å². The van der Waals surface area contributed by atoms with Crippen LogP contribution in [0.4, 0.5) is 0 Å². The monoisotopic (exact) mass is 235 g/mol. The summed E-state index contributed by atoms with van der Waals surface area (Å²) in [7, 11) is -4.64. The molecular formula is H16NNa2O8P. The zero-order valence-corrected chi connectivity index (χ0v) is 5.80. The van der Waals surface area contributed by atoms with Crippen molar-refractivity contribution in [2.45, 2.75) is 0 Å². The molecule has 0 amide bonds. The van der Waals surface area contributed by atoms with Crippen LogP contribution in [0.25, 0.3) is 0 Å². The van der Waals surface area contributed by atoms with Crippen LogP contribution in [0, 0.1) is 0 Å². The first-order valence-corrected chi connectivity index (χ1v) is 2.35. The molecule has 0 spiro atoms. The summed E-state index contributed by atoms with van der Waals surface area (Å²) in [5.41, 5.74) is 0. The van der Waals surface area contributed by atoms with Crippen LogP contribution in [0.2, 0.25) is 0 Å². The van der Waals surface area contributed by atoms with Crippen LogP contribution in [0.3, 0.4) is 0 Å². The van der Waals surface area contributed by atoms with Crippen molar-refractivity contribution < 1.29 is 41.2 Å². The van der Waals surface area contributed by atoms with Crippen LogP contribution < -0.4 is 6.15 Å². The van der Waals surface area contributed by atoms with Crippen molar-refractivity contribution in [1.29, 1.82) is 0 Å². The van der Waals surface area contributed by atoms with Crippen molar-refractivity contribution in [1.82, 2.24) is 6.15 Å². The quantitative estimate of drug-likeness (QED) is 0.236. The van der Waals surface area contributed by atoms with Gasteiger partial charge >= 0.3 is 66.9 Å². The summed E-state index contributed by atoms with van der Waals surface area (Å²) in [4.78, 5) is 21.6. The molecule has 0 rings (SSSR count). The molecule has 0 aliphatic heterocycles. The van der Waals surface area contributed by atoms with Gasteiger partial charge in [-0.25, -0.2) is 4.57 Å². The van der Waals surface area contributed by atoms with Gasteiger partial charge in [-0.3, -0.25) is 0 Å². The van der Waals surface area contributed by atoms with Crippen LogP contribution in [-0.2, 0) is 4.57 Å². The maximum atomic E-state index is 8.88. The summed E-state index contributed by atoms with van der Waals surface area (Å²) in [5.74, 6) is 0. The molecule has 14 N–H and O–H groups in total. The van der Waals surface area contributed by atoms with E-state index in [0.717, 1.165) is 0 Å². The predicted molar refractivity (Wildman–Crippen MR) is 48.0 cm³/mol. The normalized spacial score (nSPS) is 4.92. The first kappa shape index (κ1) is 66.4. The molecule has 9 nitrogen and oxygen atoms in total. The van der Waals surface area contributed by atoms with E-state index in [2.05, 4.69) is 0 Å². The zero-order valence-electron chi connectivity index (χ0n) is 4.90. The topological polar surface area (TPSA) is 239 Å². The van der Waals surface area contributed by atoms with Gasteiger partial charge in [0.2, 0.25) is 0 Å². The van der Waals surface area contributed by atoms with Gasteiger partial charge in [0, 0.05) is 0 Å². The second-order valence-corrected chi connectivity index (χ2v) is 1.54. The summed E-state index contributed by atoms with van der Waals surface area (Å²) in [6, 6.07) is 0. The van der Waals surface area contributed by atoms with E-state index in [1.165, 1.54) is 0 Å². The van der Waals surface area contributed by atoms with Crippen molar-refractivity contribution in [3.63, 3.8) is 0 Å². The Balaban J connectivity index is -0.00000000381. The van der Waals surface area contributed by atoms with Crippen molar-refractivity contribution in [3.8, 4) is 0 Å². The van der Waals surface area contributed by atoms with E-state index in [0.29, 0.717) is 0 Å². The molecule has 0 aromatic carbocycles. The minimum atomic E-state index is -4.64. The van der Waals surface area contributed by atoms with E-state index in [9.17, 15) is 0 Å². The van der Waals surface area contributed by atoms with Crippen molar-refractivity contribution in [2.75, 3.05) is 0 Å². The van der Waals surface area contributed by atoms with E-state index < -0.39 is 7.82 Å².